The van der Waals surface area contributed by atoms with E-state index in [0.29, 0.717) is 12.4 Å². The molecule has 0 saturated heterocycles. The second-order valence-electron chi connectivity index (χ2n) is 6.14. The summed E-state index contributed by atoms with van der Waals surface area (Å²) in [6.07, 6.45) is 0.624. The van der Waals surface area contributed by atoms with Gasteiger partial charge in [0.05, 0.1) is 17.2 Å². The molecule has 0 aliphatic rings. The molecule has 0 heterocycles. The fraction of sp³-hybridized carbons (Fsp3) is 0.316. The summed E-state index contributed by atoms with van der Waals surface area (Å²) >= 11 is 0. The van der Waals surface area contributed by atoms with E-state index in [0.717, 1.165) is 22.9 Å². The van der Waals surface area contributed by atoms with Crippen LogP contribution in [-0.2, 0) is 14.8 Å². The highest BCUT2D eigenvalue weighted by atomic mass is 32.2. The van der Waals surface area contributed by atoms with Gasteiger partial charge in [-0.2, -0.15) is 0 Å². The number of ether oxygens (including phenoxy) is 1. The molecule has 2 aromatic rings. The molecule has 0 aliphatic carbocycles. The van der Waals surface area contributed by atoms with E-state index in [1.54, 1.807) is 12.1 Å². The Hall–Kier alpha value is -3.14. The van der Waals surface area contributed by atoms with Crippen molar-refractivity contribution in [1.29, 1.82) is 0 Å². The largest absolute Gasteiger partial charge is 0.494 e. The Morgan fingerprint density at radius 3 is 2.41 bits per heavy atom. The monoisotopic (exact) mass is 422 g/mol. The number of carbonyl (C=O) groups is 1. The summed E-state index contributed by atoms with van der Waals surface area (Å²) in [6.45, 7) is 2.32. The molecule has 0 spiro atoms. The molecule has 2 rings (SSSR count). The van der Waals surface area contributed by atoms with Crippen LogP contribution in [0.3, 0.4) is 0 Å². The number of hydrogen-bond donors (Lipinski definition) is 1. The van der Waals surface area contributed by atoms with Crippen LogP contribution < -0.4 is 9.04 Å². The van der Waals surface area contributed by atoms with Gasteiger partial charge < -0.3 is 9.84 Å². The van der Waals surface area contributed by atoms with Crippen LogP contribution in [0.25, 0.3) is 0 Å². The minimum atomic E-state index is -4.30. The fourth-order valence-corrected chi connectivity index (χ4v) is 4.30. The number of anilines is 1. The van der Waals surface area contributed by atoms with Crippen molar-refractivity contribution < 1.29 is 28.0 Å². The highest BCUT2D eigenvalue weighted by molar-refractivity contribution is 7.93. The number of rotatable bonds is 11. The molecule has 0 amide bonds. The lowest BCUT2D eigenvalue weighted by Crippen LogP contribution is -2.32. The second-order valence-corrected chi connectivity index (χ2v) is 7.97. The van der Waals surface area contributed by atoms with Crippen LogP contribution in [0, 0.1) is 10.1 Å². The van der Waals surface area contributed by atoms with Crippen molar-refractivity contribution in [2.45, 2.75) is 31.1 Å². The molecule has 0 bridgehead atoms. The molecule has 156 valence electrons. The van der Waals surface area contributed by atoms with E-state index in [4.69, 9.17) is 9.84 Å². The molecule has 29 heavy (non-hydrogen) atoms. The lowest BCUT2D eigenvalue weighted by molar-refractivity contribution is -0.387. The lowest BCUT2D eigenvalue weighted by atomic mass is 10.2. The van der Waals surface area contributed by atoms with Crippen molar-refractivity contribution in [1.82, 2.24) is 0 Å². The normalized spacial score (nSPS) is 11.1. The van der Waals surface area contributed by atoms with Crippen molar-refractivity contribution in [3.05, 3.63) is 58.6 Å². The molecule has 0 radical (unpaired) electrons. The summed E-state index contributed by atoms with van der Waals surface area (Å²) in [5.41, 5.74) is -0.281. The minimum absolute atomic E-state index is 0.0449. The Morgan fingerprint density at radius 2 is 1.83 bits per heavy atom. The second kappa shape index (κ2) is 9.87. The van der Waals surface area contributed by atoms with Gasteiger partial charge in [-0.3, -0.25) is 19.2 Å². The number of aliphatic carboxylic acids is 1. The van der Waals surface area contributed by atoms with Crippen LogP contribution in [0.4, 0.5) is 11.4 Å². The van der Waals surface area contributed by atoms with Gasteiger partial charge in [0.25, 0.3) is 15.7 Å². The van der Waals surface area contributed by atoms with E-state index < -0.39 is 31.5 Å². The van der Waals surface area contributed by atoms with Crippen molar-refractivity contribution in [2.75, 3.05) is 17.5 Å². The predicted molar refractivity (Wildman–Crippen MR) is 107 cm³/mol. The molecule has 2 aromatic carbocycles. The van der Waals surface area contributed by atoms with Gasteiger partial charge in [0.1, 0.15) is 5.75 Å². The Labute approximate surface area is 168 Å². The Morgan fingerprint density at radius 1 is 1.17 bits per heavy atom. The predicted octanol–water partition coefficient (Wildman–Crippen LogP) is 3.44. The maximum Gasteiger partial charge on any atom is 0.303 e. The number of sulfonamides is 1. The summed E-state index contributed by atoms with van der Waals surface area (Å²) in [5.74, 6) is -0.500. The van der Waals surface area contributed by atoms with Gasteiger partial charge in [0.2, 0.25) is 0 Å². The van der Waals surface area contributed by atoms with Crippen molar-refractivity contribution >= 4 is 27.4 Å². The average Bonchev–Trinajstić information content (AvgIpc) is 2.70. The Balaban J connectivity index is 2.44. The number of nitro benzene ring substituents is 1. The van der Waals surface area contributed by atoms with Crippen molar-refractivity contribution in [3.63, 3.8) is 0 Å². The van der Waals surface area contributed by atoms with E-state index in [-0.39, 0.29) is 25.1 Å². The van der Waals surface area contributed by atoms with Gasteiger partial charge in [-0.25, -0.2) is 8.42 Å². The zero-order valence-corrected chi connectivity index (χ0v) is 16.7. The quantitative estimate of drug-likeness (QED) is 0.434. The first kappa shape index (κ1) is 22.2. The number of nitro groups is 1. The van der Waals surface area contributed by atoms with E-state index >= 15 is 0 Å². The van der Waals surface area contributed by atoms with Crippen LogP contribution in [-0.4, -0.2) is 37.6 Å². The van der Waals surface area contributed by atoms with Crippen LogP contribution in [0.15, 0.2) is 53.4 Å². The molecule has 0 unspecified atom stereocenters. The molecular formula is C19H22N2O7S. The molecule has 0 atom stereocenters. The van der Waals surface area contributed by atoms with Gasteiger partial charge in [-0.1, -0.05) is 19.1 Å². The number of hydrogen-bond acceptors (Lipinski definition) is 6. The van der Waals surface area contributed by atoms with Crippen molar-refractivity contribution in [2.24, 2.45) is 0 Å². The number of carboxylic acids is 1. The fourth-order valence-electron chi connectivity index (χ4n) is 2.64. The third-order valence-corrected chi connectivity index (χ3v) is 5.85. The number of carboxylic acid groups (broad SMARTS) is 1. The first-order valence-electron chi connectivity index (χ1n) is 8.98. The van der Waals surface area contributed by atoms with Crippen molar-refractivity contribution in [3.8, 4) is 5.75 Å². The number of nitrogens with zero attached hydrogens (tertiary/aromatic N) is 2. The lowest BCUT2D eigenvalue weighted by Gasteiger charge is -2.24. The van der Waals surface area contributed by atoms with Crippen LogP contribution >= 0.6 is 0 Å². The van der Waals surface area contributed by atoms with E-state index in [9.17, 15) is 23.3 Å². The maximum absolute atomic E-state index is 13.2. The molecule has 0 aliphatic heterocycles. The molecular weight excluding hydrogens is 400 g/mol. The minimum Gasteiger partial charge on any atom is -0.494 e. The van der Waals surface area contributed by atoms with Crippen LogP contribution in [0.2, 0.25) is 0 Å². The van der Waals surface area contributed by atoms with Gasteiger partial charge in [-0.15, -0.1) is 0 Å². The maximum atomic E-state index is 13.2. The zero-order valence-electron chi connectivity index (χ0n) is 15.9. The smallest absolute Gasteiger partial charge is 0.303 e. The highest BCUT2D eigenvalue weighted by Crippen LogP contribution is 2.31. The molecule has 9 nitrogen and oxygen atoms in total. The third-order valence-electron chi connectivity index (χ3n) is 3.98. The van der Waals surface area contributed by atoms with E-state index in [1.165, 1.54) is 24.3 Å². The topological polar surface area (TPSA) is 127 Å². The first-order valence-corrected chi connectivity index (χ1v) is 10.4. The summed E-state index contributed by atoms with van der Waals surface area (Å²) < 4.78 is 32.9. The first-order chi connectivity index (χ1) is 13.8. The molecule has 0 aromatic heterocycles. The molecule has 10 heteroatoms. The van der Waals surface area contributed by atoms with E-state index in [1.807, 2.05) is 6.92 Å². The van der Waals surface area contributed by atoms with E-state index in [2.05, 4.69) is 0 Å². The third kappa shape index (κ3) is 5.67. The number of para-hydroxylation sites is 1. The Kier molecular flexibility index (Phi) is 7.54. The Bertz CT molecular complexity index is 959. The summed E-state index contributed by atoms with van der Waals surface area (Å²) in [4.78, 5) is 20.9. The molecule has 0 fully saturated rings. The van der Waals surface area contributed by atoms with Gasteiger partial charge in [0.15, 0.2) is 4.90 Å². The van der Waals surface area contributed by atoms with Gasteiger partial charge in [-0.05, 0) is 43.2 Å². The molecule has 0 saturated carbocycles. The summed E-state index contributed by atoms with van der Waals surface area (Å²) in [7, 11) is -4.30. The van der Waals surface area contributed by atoms with Gasteiger partial charge >= 0.3 is 5.97 Å². The standard InChI is InChI=1S/C19H22N2O7S/c1-2-14-28-16-11-9-15(10-12-16)20(13-5-8-19(22)23)29(26,27)18-7-4-3-6-17(18)21(24)25/h3-4,6-7,9-12H,2,5,8,13-14H2,1H3,(H,22,23). The summed E-state index contributed by atoms with van der Waals surface area (Å²) in [5, 5.41) is 20.2. The SMILES string of the molecule is CCCOc1ccc(N(CCCC(=O)O)S(=O)(=O)c2ccccc2[N+](=O)[O-])cc1. The number of benzene rings is 2. The van der Waals surface area contributed by atoms with Crippen LogP contribution in [0.1, 0.15) is 26.2 Å². The average molecular weight is 422 g/mol. The zero-order chi connectivity index (χ0) is 21.4. The van der Waals surface area contributed by atoms with Gasteiger partial charge in [0, 0.05) is 19.0 Å². The van der Waals surface area contributed by atoms with Crippen LogP contribution in [0.5, 0.6) is 5.75 Å². The summed E-state index contributed by atoms with van der Waals surface area (Å²) in [6, 6.07) is 11.3. The highest BCUT2D eigenvalue weighted by Gasteiger charge is 2.31. The molecule has 1 N–H and O–H groups in total.